The molecule has 21 heavy (non-hydrogen) atoms. The van der Waals surface area contributed by atoms with E-state index >= 15 is 0 Å². The second-order valence-electron chi connectivity index (χ2n) is 8.59. The predicted molar refractivity (Wildman–Crippen MR) is 88.5 cm³/mol. The summed E-state index contributed by atoms with van der Waals surface area (Å²) in [4.78, 5) is 2.94. The minimum absolute atomic E-state index is 0.629. The monoisotopic (exact) mass is 290 g/mol. The molecule has 0 amide bonds. The van der Waals surface area contributed by atoms with Gasteiger partial charge in [-0.1, -0.05) is 25.7 Å². The fourth-order valence-corrected chi connectivity index (χ4v) is 5.52. The van der Waals surface area contributed by atoms with Crippen LogP contribution < -0.4 is 5.32 Å². The third-order valence-electron chi connectivity index (χ3n) is 6.90. The average molecular weight is 290 g/mol. The minimum Gasteiger partial charge on any atom is -0.313 e. The Balaban J connectivity index is 1.38. The van der Waals surface area contributed by atoms with Crippen LogP contribution in [0.2, 0.25) is 0 Å². The van der Waals surface area contributed by atoms with Gasteiger partial charge in [-0.2, -0.15) is 0 Å². The first-order valence-corrected chi connectivity index (χ1v) is 9.82. The highest BCUT2D eigenvalue weighted by Gasteiger charge is 2.41. The molecule has 120 valence electrons. The van der Waals surface area contributed by atoms with E-state index in [0.717, 1.165) is 18.0 Å². The maximum absolute atomic E-state index is 3.87. The molecule has 1 unspecified atom stereocenters. The van der Waals surface area contributed by atoms with Gasteiger partial charge >= 0.3 is 0 Å². The van der Waals surface area contributed by atoms with Gasteiger partial charge in [0.1, 0.15) is 0 Å². The van der Waals surface area contributed by atoms with E-state index in [4.69, 9.17) is 0 Å². The Morgan fingerprint density at radius 2 is 1.62 bits per heavy atom. The molecule has 1 N–H and O–H groups in total. The second kappa shape index (κ2) is 6.20. The van der Waals surface area contributed by atoms with Crippen molar-refractivity contribution in [2.75, 3.05) is 19.6 Å². The number of nitrogens with zero attached hydrogens (tertiary/aromatic N) is 1. The summed E-state index contributed by atoms with van der Waals surface area (Å²) in [6.07, 6.45) is 17.8. The molecule has 3 saturated carbocycles. The minimum atomic E-state index is 0.629. The maximum Gasteiger partial charge on any atom is 0.0124 e. The van der Waals surface area contributed by atoms with Crippen molar-refractivity contribution >= 4 is 0 Å². The van der Waals surface area contributed by atoms with Crippen molar-refractivity contribution in [1.82, 2.24) is 10.2 Å². The Bertz CT molecular complexity index is 337. The van der Waals surface area contributed by atoms with Gasteiger partial charge in [-0.05, 0) is 69.2 Å². The van der Waals surface area contributed by atoms with Gasteiger partial charge in [0.15, 0.2) is 0 Å². The SMILES string of the molecule is C1CCC(C2CCCN2CC2(CNC3CC3)CCCC2)C1. The Morgan fingerprint density at radius 3 is 2.33 bits per heavy atom. The zero-order chi connectivity index (χ0) is 14.1. The van der Waals surface area contributed by atoms with Gasteiger partial charge in [0.05, 0.1) is 0 Å². The van der Waals surface area contributed by atoms with Crippen LogP contribution in [-0.4, -0.2) is 36.6 Å². The molecular formula is C19H34N2. The summed E-state index contributed by atoms with van der Waals surface area (Å²) in [5, 5.41) is 3.87. The number of rotatable bonds is 6. The van der Waals surface area contributed by atoms with Gasteiger partial charge in [0, 0.05) is 25.2 Å². The van der Waals surface area contributed by atoms with Gasteiger partial charge in [-0.15, -0.1) is 0 Å². The van der Waals surface area contributed by atoms with Crippen molar-refractivity contribution in [2.45, 2.75) is 89.1 Å². The molecule has 0 aromatic carbocycles. The lowest BCUT2D eigenvalue weighted by molar-refractivity contribution is 0.110. The molecule has 4 fully saturated rings. The van der Waals surface area contributed by atoms with Crippen molar-refractivity contribution in [3.8, 4) is 0 Å². The molecule has 4 rings (SSSR count). The van der Waals surface area contributed by atoms with Crippen LogP contribution in [0.3, 0.4) is 0 Å². The van der Waals surface area contributed by atoms with E-state index in [1.54, 1.807) is 0 Å². The first-order valence-electron chi connectivity index (χ1n) is 9.82. The lowest BCUT2D eigenvalue weighted by atomic mass is 9.84. The molecular weight excluding hydrogens is 256 g/mol. The van der Waals surface area contributed by atoms with Crippen LogP contribution in [0.4, 0.5) is 0 Å². The molecule has 1 atom stereocenters. The Kier molecular flexibility index (Phi) is 4.28. The molecule has 2 nitrogen and oxygen atoms in total. The molecule has 1 saturated heterocycles. The third kappa shape index (κ3) is 3.32. The molecule has 3 aliphatic carbocycles. The molecule has 0 spiro atoms. The summed E-state index contributed by atoms with van der Waals surface area (Å²) in [6.45, 7) is 4.12. The van der Waals surface area contributed by atoms with Gasteiger partial charge in [0.25, 0.3) is 0 Å². The number of likely N-dealkylation sites (tertiary alicyclic amines) is 1. The quantitative estimate of drug-likeness (QED) is 0.797. The Morgan fingerprint density at radius 1 is 0.857 bits per heavy atom. The number of hydrogen-bond donors (Lipinski definition) is 1. The van der Waals surface area contributed by atoms with Gasteiger partial charge in [-0.3, -0.25) is 4.90 Å². The van der Waals surface area contributed by atoms with Gasteiger partial charge in [0.2, 0.25) is 0 Å². The predicted octanol–water partition coefficient (Wildman–Crippen LogP) is 3.95. The second-order valence-corrected chi connectivity index (χ2v) is 8.59. The molecule has 0 aromatic rings. The van der Waals surface area contributed by atoms with Crippen LogP contribution in [-0.2, 0) is 0 Å². The van der Waals surface area contributed by atoms with Crippen LogP contribution in [0, 0.1) is 11.3 Å². The number of hydrogen-bond acceptors (Lipinski definition) is 2. The van der Waals surface area contributed by atoms with Crippen molar-refractivity contribution in [3.05, 3.63) is 0 Å². The summed E-state index contributed by atoms with van der Waals surface area (Å²) in [5.74, 6) is 1.04. The van der Waals surface area contributed by atoms with Crippen molar-refractivity contribution in [1.29, 1.82) is 0 Å². The van der Waals surface area contributed by atoms with Crippen LogP contribution in [0.1, 0.15) is 77.0 Å². The zero-order valence-corrected chi connectivity index (χ0v) is 13.8. The number of nitrogens with one attached hydrogen (secondary N) is 1. The fourth-order valence-electron chi connectivity index (χ4n) is 5.52. The van der Waals surface area contributed by atoms with E-state index < -0.39 is 0 Å². The van der Waals surface area contributed by atoms with Crippen molar-refractivity contribution < 1.29 is 0 Å². The highest BCUT2D eigenvalue weighted by Crippen LogP contribution is 2.42. The summed E-state index contributed by atoms with van der Waals surface area (Å²) >= 11 is 0. The largest absolute Gasteiger partial charge is 0.313 e. The lowest BCUT2D eigenvalue weighted by Gasteiger charge is -2.38. The summed E-state index contributed by atoms with van der Waals surface area (Å²) < 4.78 is 0. The van der Waals surface area contributed by atoms with Crippen LogP contribution in [0.5, 0.6) is 0 Å². The van der Waals surface area contributed by atoms with Crippen LogP contribution in [0.15, 0.2) is 0 Å². The Labute approximate surface area is 131 Å². The molecule has 4 aliphatic rings. The average Bonchev–Trinajstić information content (AvgIpc) is 2.92. The lowest BCUT2D eigenvalue weighted by Crippen LogP contribution is -2.46. The highest BCUT2D eigenvalue weighted by atomic mass is 15.2. The summed E-state index contributed by atoms with van der Waals surface area (Å²) in [6, 6.07) is 1.83. The smallest absolute Gasteiger partial charge is 0.0124 e. The van der Waals surface area contributed by atoms with E-state index in [0.29, 0.717) is 5.41 Å². The van der Waals surface area contributed by atoms with Crippen LogP contribution >= 0.6 is 0 Å². The van der Waals surface area contributed by atoms with Gasteiger partial charge in [-0.25, -0.2) is 0 Å². The van der Waals surface area contributed by atoms with E-state index in [-0.39, 0.29) is 0 Å². The highest BCUT2D eigenvalue weighted by molar-refractivity contribution is 4.96. The molecule has 2 heteroatoms. The maximum atomic E-state index is 3.87. The zero-order valence-electron chi connectivity index (χ0n) is 13.8. The molecule has 0 aromatic heterocycles. The Hall–Kier alpha value is -0.0800. The van der Waals surface area contributed by atoms with E-state index in [1.807, 2.05) is 0 Å². The van der Waals surface area contributed by atoms with E-state index in [1.165, 1.54) is 96.7 Å². The van der Waals surface area contributed by atoms with Crippen molar-refractivity contribution in [2.24, 2.45) is 11.3 Å². The normalized spacial score (nSPS) is 34.0. The first kappa shape index (κ1) is 14.5. The fraction of sp³-hybridized carbons (Fsp3) is 1.00. The van der Waals surface area contributed by atoms with E-state index in [9.17, 15) is 0 Å². The standard InChI is InChI=1S/C19H34N2/c1-2-7-16(6-1)18-8-5-13-21(18)15-19(11-3-4-12-19)14-20-17-9-10-17/h16-18,20H,1-15H2. The molecule has 1 heterocycles. The molecule has 0 bridgehead atoms. The first-order chi connectivity index (χ1) is 10.3. The summed E-state index contributed by atoms with van der Waals surface area (Å²) in [7, 11) is 0. The topological polar surface area (TPSA) is 15.3 Å². The summed E-state index contributed by atoms with van der Waals surface area (Å²) in [5.41, 5.74) is 0.629. The third-order valence-corrected chi connectivity index (χ3v) is 6.90. The van der Waals surface area contributed by atoms with Crippen LogP contribution in [0.25, 0.3) is 0 Å². The molecule has 1 aliphatic heterocycles. The van der Waals surface area contributed by atoms with E-state index in [2.05, 4.69) is 10.2 Å². The van der Waals surface area contributed by atoms with Gasteiger partial charge < -0.3 is 5.32 Å². The van der Waals surface area contributed by atoms with Crippen molar-refractivity contribution in [3.63, 3.8) is 0 Å². The molecule has 0 radical (unpaired) electrons.